The maximum Gasteiger partial charge on any atom is 0.503 e. The first-order chi connectivity index (χ1) is 7.40. The average Bonchev–Trinajstić information content (AvgIpc) is 2.16. The molecule has 1 aromatic rings. The number of methoxy groups -OCH3 is 1. The number of aromatic carboxylic acids is 1. The van der Waals surface area contributed by atoms with E-state index >= 15 is 0 Å². The Bertz CT molecular complexity index is 381. The minimum absolute atomic E-state index is 0.206. The number of carboxylic acid groups (broad SMARTS) is 3. The van der Waals surface area contributed by atoms with E-state index in [0.29, 0.717) is 5.75 Å². The van der Waals surface area contributed by atoms with Gasteiger partial charge in [-0.3, -0.25) is 0 Å². The second-order valence-corrected chi connectivity index (χ2v) is 2.74. The summed E-state index contributed by atoms with van der Waals surface area (Å²) >= 11 is 0. The number of hydrogen-bond donors (Lipinski definition) is 3. The van der Waals surface area contributed by atoms with E-state index in [-0.39, 0.29) is 5.56 Å². The Kier molecular flexibility index (Phi) is 5.40. The van der Waals surface area contributed by atoms with E-state index < -0.39 is 12.1 Å². The number of ether oxygens (including phenoxy) is 1. The van der Waals surface area contributed by atoms with Crippen molar-refractivity contribution in [1.82, 2.24) is 0 Å². The molecule has 6 heteroatoms. The smallest absolute Gasteiger partial charge is 0.496 e. The predicted octanol–water partition coefficient (Wildman–Crippen LogP) is 1.92. The van der Waals surface area contributed by atoms with Gasteiger partial charge in [0.1, 0.15) is 11.3 Å². The van der Waals surface area contributed by atoms with E-state index in [1.54, 1.807) is 6.07 Å². The maximum atomic E-state index is 10.7. The van der Waals surface area contributed by atoms with E-state index in [0.717, 1.165) is 5.56 Å². The third-order valence-corrected chi connectivity index (χ3v) is 1.65. The molecule has 0 saturated heterocycles. The molecule has 16 heavy (non-hydrogen) atoms. The molecule has 6 nitrogen and oxygen atoms in total. The van der Waals surface area contributed by atoms with Crippen molar-refractivity contribution in [3.8, 4) is 5.75 Å². The lowest BCUT2D eigenvalue weighted by Gasteiger charge is -2.06. The summed E-state index contributed by atoms with van der Waals surface area (Å²) in [6.45, 7) is 1.81. The quantitative estimate of drug-likeness (QED) is 0.714. The number of carbonyl (C=O) groups is 2. The van der Waals surface area contributed by atoms with Gasteiger partial charge in [-0.15, -0.1) is 0 Å². The third kappa shape index (κ3) is 4.32. The van der Waals surface area contributed by atoms with Crippen molar-refractivity contribution in [2.24, 2.45) is 0 Å². The molecule has 1 aromatic carbocycles. The average molecular weight is 228 g/mol. The van der Waals surface area contributed by atoms with Crippen molar-refractivity contribution >= 4 is 12.1 Å². The first kappa shape index (κ1) is 13.8. The molecular weight excluding hydrogens is 216 g/mol. The largest absolute Gasteiger partial charge is 0.503 e. The van der Waals surface area contributed by atoms with Crippen LogP contribution < -0.4 is 4.74 Å². The molecule has 0 unspecified atom stereocenters. The monoisotopic (exact) mass is 228 g/mol. The van der Waals surface area contributed by atoms with Crippen LogP contribution in [0.2, 0.25) is 0 Å². The van der Waals surface area contributed by atoms with Crippen LogP contribution in [0.15, 0.2) is 18.2 Å². The summed E-state index contributed by atoms with van der Waals surface area (Å²) < 4.78 is 4.96. The molecule has 0 aliphatic heterocycles. The van der Waals surface area contributed by atoms with Crippen LogP contribution in [0.5, 0.6) is 5.75 Å². The van der Waals surface area contributed by atoms with Crippen molar-refractivity contribution < 1.29 is 29.6 Å². The molecular formula is C10H12O6. The number of aryl methyl sites for hydroxylation is 1. The molecule has 0 aromatic heterocycles. The topological polar surface area (TPSA) is 104 Å². The summed E-state index contributed by atoms with van der Waals surface area (Å²) in [7, 11) is 1.47. The van der Waals surface area contributed by atoms with E-state index in [4.69, 9.17) is 24.9 Å². The van der Waals surface area contributed by atoms with Gasteiger partial charge >= 0.3 is 12.1 Å². The van der Waals surface area contributed by atoms with Gasteiger partial charge in [-0.25, -0.2) is 9.59 Å². The highest BCUT2D eigenvalue weighted by Crippen LogP contribution is 2.22. The van der Waals surface area contributed by atoms with Crippen molar-refractivity contribution in [2.75, 3.05) is 7.11 Å². The van der Waals surface area contributed by atoms with Crippen LogP contribution in [-0.2, 0) is 0 Å². The first-order valence-electron chi connectivity index (χ1n) is 4.19. The van der Waals surface area contributed by atoms with Gasteiger partial charge in [0.05, 0.1) is 7.11 Å². The Morgan fingerprint density at radius 1 is 1.19 bits per heavy atom. The molecule has 0 aliphatic rings. The molecule has 0 aliphatic carbocycles. The molecule has 0 bridgehead atoms. The summed E-state index contributed by atoms with van der Waals surface area (Å²) in [5.41, 5.74) is 1.04. The van der Waals surface area contributed by atoms with Gasteiger partial charge in [0, 0.05) is 0 Å². The predicted molar refractivity (Wildman–Crippen MR) is 55.3 cm³/mol. The third-order valence-electron chi connectivity index (χ3n) is 1.65. The van der Waals surface area contributed by atoms with Gasteiger partial charge in [-0.05, 0) is 18.6 Å². The van der Waals surface area contributed by atoms with Crippen LogP contribution >= 0.6 is 0 Å². The lowest BCUT2D eigenvalue weighted by molar-refractivity contribution is 0.0693. The molecule has 1 rings (SSSR count). The molecule has 0 saturated carbocycles. The summed E-state index contributed by atoms with van der Waals surface area (Å²) in [5.74, 6) is -0.527. The summed E-state index contributed by atoms with van der Waals surface area (Å²) in [4.78, 5) is 19.2. The standard InChI is InChI=1S/C9H10O3.CH2O3/c1-6-4-3-5-7(9(10)11)8(6)12-2;2-1(3)4/h3-5H,1-2H3,(H,10,11);(H2,2,3,4). The van der Waals surface area contributed by atoms with Crippen LogP contribution in [0.1, 0.15) is 15.9 Å². The Morgan fingerprint density at radius 2 is 1.69 bits per heavy atom. The van der Waals surface area contributed by atoms with E-state index in [1.165, 1.54) is 13.2 Å². The molecule has 3 N–H and O–H groups in total. The van der Waals surface area contributed by atoms with Crippen LogP contribution in [0.25, 0.3) is 0 Å². The zero-order valence-corrected chi connectivity index (χ0v) is 8.80. The summed E-state index contributed by atoms with van der Waals surface area (Å²) in [5, 5.41) is 22.7. The van der Waals surface area contributed by atoms with Crippen LogP contribution in [-0.4, -0.2) is 34.6 Å². The molecule has 88 valence electrons. The Labute approximate surface area is 91.7 Å². The number of para-hydroxylation sites is 1. The van der Waals surface area contributed by atoms with Crippen molar-refractivity contribution in [3.63, 3.8) is 0 Å². The highest BCUT2D eigenvalue weighted by Gasteiger charge is 2.11. The normalized spacial score (nSPS) is 8.62. The number of hydrogen-bond acceptors (Lipinski definition) is 3. The van der Waals surface area contributed by atoms with Gasteiger partial charge in [0.15, 0.2) is 0 Å². The van der Waals surface area contributed by atoms with E-state index in [2.05, 4.69) is 0 Å². The Hall–Kier alpha value is -2.24. The fourth-order valence-corrected chi connectivity index (χ4v) is 1.09. The number of carboxylic acids is 1. The molecule has 0 radical (unpaired) electrons. The van der Waals surface area contributed by atoms with Crippen molar-refractivity contribution in [1.29, 1.82) is 0 Å². The van der Waals surface area contributed by atoms with Crippen LogP contribution in [0.3, 0.4) is 0 Å². The van der Waals surface area contributed by atoms with Gasteiger partial charge in [0.25, 0.3) is 0 Å². The van der Waals surface area contributed by atoms with Crippen molar-refractivity contribution in [3.05, 3.63) is 29.3 Å². The zero-order chi connectivity index (χ0) is 12.7. The SMILES string of the molecule is COc1c(C)cccc1C(=O)O.O=C(O)O. The zero-order valence-electron chi connectivity index (χ0n) is 8.80. The molecule has 0 spiro atoms. The number of rotatable bonds is 2. The summed E-state index contributed by atoms with van der Waals surface area (Å²) in [6, 6.07) is 5.03. The van der Waals surface area contributed by atoms with Crippen LogP contribution in [0.4, 0.5) is 4.79 Å². The molecule has 0 atom stereocenters. The van der Waals surface area contributed by atoms with Gasteiger partial charge < -0.3 is 20.1 Å². The second kappa shape index (κ2) is 6.28. The van der Waals surface area contributed by atoms with E-state index in [9.17, 15) is 4.79 Å². The number of benzene rings is 1. The highest BCUT2D eigenvalue weighted by atomic mass is 16.6. The van der Waals surface area contributed by atoms with Gasteiger partial charge in [-0.2, -0.15) is 0 Å². The van der Waals surface area contributed by atoms with Gasteiger partial charge in [-0.1, -0.05) is 12.1 Å². The lowest BCUT2D eigenvalue weighted by Crippen LogP contribution is -2.01. The van der Waals surface area contributed by atoms with E-state index in [1.807, 2.05) is 13.0 Å². The van der Waals surface area contributed by atoms with Gasteiger partial charge in [0.2, 0.25) is 0 Å². The van der Waals surface area contributed by atoms with Crippen molar-refractivity contribution in [2.45, 2.75) is 6.92 Å². The minimum atomic E-state index is -1.83. The Morgan fingerprint density at radius 3 is 2.00 bits per heavy atom. The fourth-order valence-electron chi connectivity index (χ4n) is 1.09. The highest BCUT2D eigenvalue weighted by molar-refractivity contribution is 5.91. The summed E-state index contributed by atoms with van der Waals surface area (Å²) in [6.07, 6.45) is -1.83. The van der Waals surface area contributed by atoms with Crippen LogP contribution in [0, 0.1) is 6.92 Å². The first-order valence-corrected chi connectivity index (χ1v) is 4.19. The Balaban J connectivity index is 0.000000487. The maximum absolute atomic E-state index is 10.7. The lowest BCUT2D eigenvalue weighted by atomic mass is 10.1. The fraction of sp³-hybridized carbons (Fsp3) is 0.200. The molecule has 0 amide bonds. The second-order valence-electron chi connectivity index (χ2n) is 2.74. The molecule has 0 heterocycles. The molecule has 0 fully saturated rings. The minimum Gasteiger partial charge on any atom is -0.496 e.